The van der Waals surface area contributed by atoms with Gasteiger partial charge in [-0.2, -0.15) is 0 Å². The van der Waals surface area contributed by atoms with E-state index in [1.165, 1.54) is 0 Å². The van der Waals surface area contributed by atoms with Crippen molar-refractivity contribution in [1.82, 2.24) is 5.32 Å². The first-order valence-corrected chi connectivity index (χ1v) is 6.92. The average Bonchev–Trinajstić information content (AvgIpc) is 2.93. The van der Waals surface area contributed by atoms with Crippen LogP contribution in [0, 0.1) is 0 Å². The maximum absolute atomic E-state index is 11.9. The fraction of sp³-hybridized carbons (Fsp3) is 0.714. The number of amides is 1. The van der Waals surface area contributed by atoms with E-state index in [-0.39, 0.29) is 12.5 Å². The minimum atomic E-state index is -1.05. The molecule has 0 aromatic heterocycles. The van der Waals surface area contributed by atoms with Crippen LogP contribution in [0.2, 0.25) is 0 Å². The lowest BCUT2D eigenvalue weighted by atomic mass is 10.2. The average molecular weight is 285 g/mol. The molecule has 3 atom stereocenters. The lowest BCUT2D eigenvalue weighted by Gasteiger charge is -2.18. The number of rotatable bonds is 8. The molecule has 0 aromatic rings. The number of carbonyl (C=O) groups is 2. The van der Waals surface area contributed by atoms with Gasteiger partial charge in [-0.05, 0) is 33.1 Å². The number of carboxylic acid groups (broad SMARTS) is 1. The molecule has 1 amide bonds. The van der Waals surface area contributed by atoms with Crippen molar-refractivity contribution in [2.75, 3.05) is 13.2 Å². The van der Waals surface area contributed by atoms with Crippen molar-refractivity contribution in [1.29, 1.82) is 0 Å². The van der Waals surface area contributed by atoms with Gasteiger partial charge < -0.3 is 19.9 Å². The molecule has 2 N–H and O–H groups in total. The van der Waals surface area contributed by atoms with Crippen LogP contribution in [0.25, 0.3) is 0 Å². The van der Waals surface area contributed by atoms with Gasteiger partial charge in [0.15, 0.2) is 0 Å². The molecule has 0 radical (unpaired) electrons. The topological polar surface area (TPSA) is 84.9 Å². The summed E-state index contributed by atoms with van der Waals surface area (Å²) in [4.78, 5) is 22.9. The van der Waals surface area contributed by atoms with Gasteiger partial charge >= 0.3 is 5.97 Å². The molecule has 0 saturated carbocycles. The highest BCUT2D eigenvalue weighted by Gasteiger charge is 2.24. The summed E-state index contributed by atoms with van der Waals surface area (Å²) in [7, 11) is 0. The Balaban J connectivity index is 2.35. The minimum absolute atomic E-state index is 0.0449. The normalized spacial score (nSPS) is 21.8. The first kappa shape index (κ1) is 16.7. The molecule has 1 heterocycles. The number of nitrogens with one attached hydrogen (secondary N) is 1. The zero-order valence-electron chi connectivity index (χ0n) is 12.0. The van der Waals surface area contributed by atoms with Gasteiger partial charge in [0.2, 0.25) is 5.91 Å². The summed E-state index contributed by atoms with van der Waals surface area (Å²) in [5, 5.41) is 11.5. The van der Waals surface area contributed by atoms with Crippen LogP contribution in [0.4, 0.5) is 0 Å². The van der Waals surface area contributed by atoms with Gasteiger partial charge in [-0.1, -0.05) is 12.2 Å². The molecule has 1 rings (SSSR count). The Morgan fingerprint density at radius 2 is 2.30 bits per heavy atom. The molecule has 1 fully saturated rings. The zero-order valence-corrected chi connectivity index (χ0v) is 12.0. The Morgan fingerprint density at radius 1 is 1.55 bits per heavy atom. The number of ether oxygens (including phenoxy) is 2. The molecule has 1 aliphatic rings. The molecular weight excluding hydrogens is 262 g/mol. The molecule has 20 heavy (non-hydrogen) atoms. The van der Waals surface area contributed by atoms with Crippen molar-refractivity contribution < 1.29 is 24.2 Å². The molecule has 1 saturated heterocycles. The Labute approximate surface area is 119 Å². The van der Waals surface area contributed by atoms with Crippen LogP contribution in [-0.4, -0.2) is 48.4 Å². The third kappa shape index (κ3) is 5.71. The second kappa shape index (κ2) is 8.71. The van der Waals surface area contributed by atoms with E-state index < -0.39 is 24.0 Å². The maximum atomic E-state index is 11.9. The van der Waals surface area contributed by atoms with Gasteiger partial charge in [0.1, 0.15) is 12.1 Å². The SMILES string of the molecule is C/C=C/CC(NC(=O)C(C)OCC1CCCO1)C(=O)O. The molecule has 0 aromatic carbocycles. The second-order valence-electron chi connectivity index (χ2n) is 4.81. The smallest absolute Gasteiger partial charge is 0.326 e. The summed E-state index contributed by atoms with van der Waals surface area (Å²) in [6.07, 6.45) is 5.02. The minimum Gasteiger partial charge on any atom is -0.480 e. The van der Waals surface area contributed by atoms with Crippen LogP contribution in [0.15, 0.2) is 12.2 Å². The molecule has 0 spiro atoms. The molecule has 0 aliphatic carbocycles. The molecule has 6 heteroatoms. The largest absolute Gasteiger partial charge is 0.480 e. The third-order valence-electron chi connectivity index (χ3n) is 3.15. The highest BCUT2D eigenvalue weighted by atomic mass is 16.5. The van der Waals surface area contributed by atoms with E-state index in [1.54, 1.807) is 26.0 Å². The molecule has 1 aliphatic heterocycles. The standard InChI is InChI=1S/C14H23NO5/c1-3-4-7-12(14(17)18)15-13(16)10(2)20-9-11-6-5-8-19-11/h3-4,10-12H,5-9H2,1-2H3,(H,15,16)(H,17,18)/b4-3+. The molecule has 0 bridgehead atoms. The van der Waals surface area contributed by atoms with Crippen molar-refractivity contribution in [3.8, 4) is 0 Å². The quantitative estimate of drug-likeness (QED) is 0.652. The van der Waals surface area contributed by atoms with Gasteiger partial charge in [0.25, 0.3) is 0 Å². The van der Waals surface area contributed by atoms with E-state index >= 15 is 0 Å². The highest BCUT2D eigenvalue weighted by Crippen LogP contribution is 2.12. The Bertz CT molecular complexity index is 349. The maximum Gasteiger partial charge on any atom is 0.326 e. The third-order valence-corrected chi connectivity index (χ3v) is 3.15. The van der Waals surface area contributed by atoms with E-state index in [4.69, 9.17) is 14.6 Å². The van der Waals surface area contributed by atoms with E-state index in [9.17, 15) is 9.59 Å². The van der Waals surface area contributed by atoms with E-state index in [0.717, 1.165) is 19.4 Å². The Hall–Kier alpha value is -1.40. The zero-order chi connectivity index (χ0) is 15.0. The van der Waals surface area contributed by atoms with Gasteiger partial charge in [-0.25, -0.2) is 4.79 Å². The predicted octanol–water partition coefficient (Wildman–Crippen LogP) is 1.11. The van der Waals surface area contributed by atoms with Gasteiger partial charge in [0.05, 0.1) is 12.7 Å². The van der Waals surface area contributed by atoms with Crippen LogP contribution in [0.1, 0.15) is 33.1 Å². The van der Waals surface area contributed by atoms with Crippen LogP contribution < -0.4 is 5.32 Å². The van der Waals surface area contributed by atoms with Crippen molar-refractivity contribution in [3.63, 3.8) is 0 Å². The summed E-state index contributed by atoms with van der Waals surface area (Å²) in [6.45, 7) is 4.51. The van der Waals surface area contributed by atoms with Crippen LogP contribution in [0.5, 0.6) is 0 Å². The lowest BCUT2D eigenvalue weighted by molar-refractivity contribution is -0.144. The molecule has 3 unspecified atom stereocenters. The van der Waals surface area contributed by atoms with Gasteiger partial charge in [0, 0.05) is 6.61 Å². The summed E-state index contributed by atoms with van der Waals surface area (Å²) < 4.78 is 10.8. The van der Waals surface area contributed by atoms with E-state index in [2.05, 4.69) is 5.32 Å². The summed E-state index contributed by atoms with van der Waals surface area (Å²) >= 11 is 0. The van der Waals surface area contributed by atoms with Crippen molar-refractivity contribution in [2.45, 2.75) is 51.4 Å². The molecular formula is C14H23NO5. The molecule has 114 valence electrons. The van der Waals surface area contributed by atoms with E-state index in [0.29, 0.717) is 6.61 Å². The number of hydrogen-bond donors (Lipinski definition) is 2. The highest BCUT2D eigenvalue weighted by molar-refractivity contribution is 5.86. The number of carboxylic acids is 1. The summed E-state index contributed by atoms with van der Waals surface area (Å²) in [5.41, 5.74) is 0. The van der Waals surface area contributed by atoms with Gasteiger partial charge in [-0.3, -0.25) is 4.79 Å². The van der Waals surface area contributed by atoms with Crippen molar-refractivity contribution in [2.24, 2.45) is 0 Å². The monoisotopic (exact) mass is 285 g/mol. The molecule has 6 nitrogen and oxygen atoms in total. The second-order valence-corrected chi connectivity index (χ2v) is 4.81. The fourth-order valence-corrected chi connectivity index (χ4v) is 1.89. The number of carbonyl (C=O) groups excluding carboxylic acids is 1. The van der Waals surface area contributed by atoms with Gasteiger partial charge in [-0.15, -0.1) is 0 Å². The first-order valence-electron chi connectivity index (χ1n) is 6.92. The van der Waals surface area contributed by atoms with Crippen LogP contribution in [0.3, 0.4) is 0 Å². The van der Waals surface area contributed by atoms with Crippen LogP contribution >= 0.6 is 0 Å². The number of allylic oxidation sites excluding steroid dienone is 1. The number of aliphatic carboxylic acids is 1. The number of hydrogen-bond acceptors (Lipinski definition) is 4. The Kier molecular flexibility index (Phi) is 7.25. The Morgan fingerprint density at radius 3 is 2.85 bits per heavy atom. The fourth-order valence-electron chi connectivity index (χ4n) is 1.89. The van der Waals surface area contributed by atoms with Crippen molar-refractivity contribution >= 4 is 11.9 Å². The van der Waals surface area contributed by atoms with E-state index in [1.807, 2.05) is 0 Å². The predicted molar refractivity (Wildman–Crippen MR) is 73.4 cm³/mol. The summed E-state index contributed by atoms with van der Waals surface area (Å²) in [6, 6.07) is -0.924. The van der Waals surface area contributed by atoms with Crippen molar-refractivity contribution in [3.05, 3.63) is 12.2 Å². The van der Waals surface area contributed by atoms with Crippen LogP contribution in [-0.2, 0) is 19.1 Å². The lowest BCUT2D eigenvalue weighted by Crippen LogP contribution is -2.45. The summed E-state index contributed by atoms with van der Waals surface area (Å²) in [5.74, 6) is -1.47. The first-order chi connectivity index (χ1) is 9.54.